The highest BCUT2D eigenvalue weighted by molar-refractivity contribution is 6.50. The number of aliphatic carboxylic acids is 1. The van der Waals surface area contributed by atoms with Gasteiger partial charge in [-0.1, -0.05) is 100 Å². The van der Waals surface area contributed by atoms with Crippen LogP contribution < -0.4 is 20.9 Å². The lowest BCUT2D eigenvalue weighted by Gasteiger charge is -2.27. The van der Waals surface area contributed by atoms with Crippen molar-refractivity contribution in [1.29, 1.82) is 0 Å². The summed E-state index contributed by atoms with van der Waals surface area (Å²) in [6.07, 6.45) is 8.30. The monoisotopic (exact) mass is 694 g/mol. The molecule has 1 atom stereocenters. The van der Waals surface area contributed by atoms with Gasteiger partial charge in [0.25, 0.3) is 0 Å². The van der Waals surface area contributed by atoms with Gasteiger partial charge in [0.15, 0.2) is 7.28 Å². The Kier molecular flexibility index (Phi) is 15.9. The molecule has 0 saturated heterocycles. The first-order valence-corrected chi connectivity index (χ1v) is 17.1. The number of rotatable bonds is 12. The largest absolute Gasteiger partial charge is 0.478 e. The van der Waals surface area contributed by atoms with E-state index in [1.165, 1.54) is 7.05 Å². The number of carboxylic acids is 1. The van der Waals surface area contributed by atoms with Gasteiger partial charge in [0.2, 0.25) is 0 Å². The van der Waals surface area contributed by atoms with Crippen LogP contribution in [0.25, 0.3) is 24.0 Å². The molecule has 0 bridgehead atoms. The number of fused-ring (bicyclic) bond motifs is 1. The molecule has 0 saturated carbocycles. The highest BCUT2D eigenvalue weighted by Gasteiger charge is 2.35. The van der Waals surface area contributed by atoms with E-state index in [9.17, 15) is 23.1 Å². The van der Waals surface area contributed by atoms with Crippen LogP contribution in [0.15, 0.2) is 70.8 Å². The molecular weight excluding hydrogens is 646 g/mol. The first kappa shape index (κ1) is 41.4. The van der Waals surface area contributed by atoms with E-state index in [1.54, 1.807) is 39.3 Å². The number of unbranched alkanes of at least 4 members (excludes halogenated alkanes) is 1. The van der Waals surface area contributed by atoms with Crippen molar-refractivity contribution < 1.29 is 27.8 Å². The van der Waals surface area contributed by atoms with Crippen LogP contribution in [0.2, 0.25) is 5.02 Å². The quantitative estimate of drug-likeness (QED) is 0.132. The topological polar surface area (TPSA) is 72.5 Å². The molecule has 0 fully saturated rings. The van der Waals surface area contributed by atoms with Gasteiger partial charge in [-0.2, -0.15) is 13.2 Å². The first-order chi connectivity index (χ1) is 23.2. The van der Waals surface area contributed by atoms with Crippen LogP contribution in [0.1, 0.15) is 109 Å². The van der Waals surface area contributed by atoms with Gasteiger partial charge in [0.1, 0.15) is 11.5 Å². The van der Waals surface area contributed by atoms with Crippen molar-refractivity contribution in [3.63, 3.8) is 0 Å². The Bertz CT molecular complexity index is 1780. The molecule has 3 rings (SSSR count). The lowest BCUT2D eigenvalue weighted by Crippen LogP contribution is -2.25. The first-order valence-electron chi connectivity index (χ1n) is 16.7. The van der Waals surface area contributed by atoms with Gasteiger partial charge in [-0.15, -0.1) is 0 Å². The van der Waals surface area contributed by atoms with Gasteiger partial charge in [-0.05, 0) is 104 Å². The minimum atomic E-state index is -4.61. The zero-order valence-electron chi connectivity index (χ0n) is 29.9. The van der Waals surface area contributed by atoms with E-state index in [0.717, 1.165) is 42.2 Å². The smallest absolute Gasteiger partial charge is 0.416 e. The van der Waals surface area contributed by atoms with E-state index < -0.39 is 23.5 Å². The number of carbonyl (C=O) groups is 1. The lowest BCUT2D eigenvalue weighted by molar-refractivity contribution is -0.137. The summed E-state index contributed by atoms with van der Waals surface area (Å²) >= 11 is 6.61. The van der Waals surface area contributed by atoms with Crippen molar-refractivity contribution >= 4 is 48.8 Å². The summed E-state index contributed by atoms with van der Waals surface area (Å²) in [5.74, 6) is -1.01. The number of benzene rings is 2. The average molecular weight is 695 g/mol. The molecule has 1 radical (unpaired) electrons. The van der Waals surface area contributed by atoms with Crippen molar-refractivity contribution in [2.24, 2.45) is 5.73 Å². The highest BCUT2D eigenvalue weighted by Crippen LogP contribution is 2.46. The number of hydrogen-bond acceptors (Lipinski definition) is 3. The van der Waals surface area contributed by atoms with Gasteiger partial charge >= 0.3 is 12.1 Å². The summed E-state index contributed by atoms with van der Waals surface area (Å²) in [5.41, 5.74) is 7.84. The molecule has 0 amide bonds. The molecule has 1 aliphatic heterocycles. The van der Waals surface area contributed by atoms with Gasteiger partial charge in [0, 0.05) is 16.1 Å². The molecule has 0 aliphatic carbocycles. The zero-order valence-corrected chi connectivity index (χ0v) is 30.7. The van der Waals surface area contributed by atoms with Crippen LogP contribution in [-0.4, -0.2) is 25.4 Å². The normalized spacial score (nSPS) is 15.8. The maximum atomic E-state index is 14.4. The predicted molar refractivity (Wildman–Crippen MR) is 201 cm³/mol. The molecule has 1 unspecified atom stereocenters. The highest BCUT2D eigenvalue weighted by atomic mass is 35.5. The Morgan fingerprint density at radius 3 is 2.29 bits per heavy atom. The summed E-state index contributed by atoms with van der Waals surface area (Å²) in [5, 5.41) is 12.2. The second-order valence-electron chi connectivity index (χ2n) is 11.9. The minimum absolute atomic E-state index is 0.132. The average Bonchev–Trinajstić information content (AvgIpc) is 3.07. The third-order valence-electron chi connectivity index (χ3n) is 8.33. The molecule has 49 heavy (non-hydrogen) atoms. The Labute approximate surface area is 295 Å². The van der Waals surface area contributed by atoms with Gasteiger partial charge in [0.05, 0.1) is 11.1 Å². The van der Waals surface area contributed by atoms with Crippen LogP contribution in [0.5, 0.6) is 5.75 Å². The van der Waals surface area contributed by atoms with E-state index in [2.05, 4.69) is 25.3 Å². The summed E-state index contributed by atoms with van der Waals surface area (Å²) in [6, 6.07) is 5.93. The molecule has 3 N–H and O–H groups in total. The van der Waals surface area contributed by atoms with E-state index in [0.29, 0.717) is 67.9 Å². The third kappa shape index (κ3) is 10.6. The Hall–Kier alpha value is -3.75. The van der Waals surface area contributed by atoms with Crippen LogP contribution >= 0.6 is 11.6 Å². The van der Waals surface area contributed by atoms with Crippen LogP contribution in [0.3, 0.4) is 0 Å². The molecule has 2 aromatic carbocycles. The van der Waals surface area contributed by atoms with Gasteiger partial charge in [-0.25, -0.2) is 4.79 Å². The number of hydrogen-bond donors (Lipinski definition) is 2. The maximum Gasteiger partial charge on any atom is 0.416 e. The van der Waals surface area contributed by atoms with Crippen LogP contribution in [-0.2, 0) is 11.0 Å². The van der Waals surface area contributed by atoms with E-state index >= 15 is 0 Å². The van der Waals surface area contributed by atoms with Crippen molar-refractivity contribution in [2.75, 3.05) is 7.05 Å². The fourth-order valence-electron chi connectivity index (χ4n) is 5.31. The molecule has 1 aliphatic rings. The number of allylic oxidation sites excluding steroid dienone is 7. The second-order valence-corrected chi connectivity index (χ2v) is 12.3. The van der Waals surface area contributed by atoms with Crippen molar-refractivity contribution in [3.8, 4) is 5.75 Å². The van der Waals surface area contributed by atoms with Gasteiger partial charge < -0.3 is 15.6 Å². The number of halogens is 4. The summed E-state index contributed by atoms with van der Waals surface area (Å²) in [6.45, 7) is 17.4. The number of nitrogens with two attached hydrogens (primary N) is 1. The van der Waals surface area contributed by atoms with Crippen molar-refractivity contribution in [1.82, 2.24) is 0 Å². The molecule has 2 aromatic rings. The van der Waals surface area contributed by atoms with Gasteiger partial charge in [-0.3, -0.25) is 0 Å². The summed E-state index contributed by atoms with van der Waals surface area (Å²) in [7, 11) is 3.22. The second kappa shape index (κ2) is 18.9. The zero-order chi connectivity index (χ0) is 37.1. The molecule has 1 heterocycles. The Morgan fingerprint density at radius 2 is 1.73 bits per heavy atom. The SMILES string of the molecule is C=c1c(Cl)cc(C2=C/C(=C/CC)c3cc(C(F)(F)F)cc(C(C)[B]C(=C/C=C(\C)CC)/C(C(=O)O)=C(/C)CC)c3O2)c/c1=C/CCC.CN. The molecule has 263 valence electrons. The van der Waals surface area contributed by atoms with Crippen molar-refractivity contribution in [2.45, 2.75) is 92.6 Å². The Balaban J connectivity index is 0.00000409. The van der Waals surface area contributed by atoms with E-state index in [1.807, 2.05) is 45.9 Å². The molecule has 0 spiro atoms. The fraction of sp³-hybridized carbons (Fsp3) is 0.375. The molecule has 9 heteroatoms. The Morgan fingerprint density at radius 1 is 1.06 bits per heavy atom. The molecule has 0 aromatic heterocycles. The molecule has 4 nitrogen and oxygen atoms in total. The molecular formula is C40H49BClF3NO3. The van der Waals surface area contributed by atoms with E-state index in [-0.39, 0.29) is 5.57 Å². The fourth-order valence-corrected chi connectivity index (χ4v) is 5.54. The van der Waals surface area contributed by atoms with E-state index in [4.69, 9.17) is 16.3 Å². The summed E-state index contributed by atoms with van der Waals surface area (Å²) < 4.78 is 49.6. The maximum absolute atomic E-state index is 14.4. The number of ether oxygens (including phenoxy) is 1. The van der Waals surface area contributed by atoms with Crippen LogP contribution in [0, 0.1) is 0 Å². The number of alkyl halides is 3. The summed E-state index contributed by atoms with van der Waals surface area (Å²) in [4.78, 5) is 12.5. The predicted octanol–water partition coefficient (Wildman–Crippen LogP) is 9.97. The minimum Gasteiger partial charge on any atom is -0.478 e. The lowest BCUT2D eigenvalue weighted by atomic mass is 9.54. The number of carboxylic acid groups (broad SMARTS) is 1. The third-order valence-corrected chi connectivity index (χ3v) is 8.67. The van der Waals surface area contributed by atoms with Crippen LogP contribution in [0.4, 0.5) is 13.2 Å². The van der Waals surface area contributed by atoms with Crippen molar-refractivity contribution in [3.05, 3.63) is 108 Å². The standard InChI is InChI=1S/C39H44BClF3O3.CH5N/c1-9-13-15-27-18-29(19-34(41)25(27)7)35-20-28(14-10-2)32-22-30(39(42,43)44)21-31(37(32)47-35)26(8)40-33(17-16-23(5)11-3)36(38(45)46)24(6)12-4;1-2/h14-22,26H,7,9-13H2,1-6,8H3,(H,45,46);2H2,1H3/b23-16+,27-15-,28-14-,33-17+,36-24+;.